The van der Waals surface area contributed by atoms with E-state index in [-0.39, 0.29) is 5.11 Å². The molecule has 1 aromatic heterocycles. The van der Waals surface area contributed by atoms with E-state index in [0.717, 1.165) is 10.8 Å². The lowest BCUT2D eigenvalue weighted by Crippen LogP contribution is -2.58. The topological polar surface area (TPSA) is 74.7 Å². The van der Waals surface area contributed by atoms with Gasteiger partial charge in [-0.15, -0.1) is 0 Å². The molecule has 6 nitrogen and oxygen atoms in total. The quantitative estimate of drug-likeness (QED) is 0.408. The van der Waals surface area contributed by atoms with Crippen LogP contribution in [0.15, 0.2) is 65.9 Å². The Morgan fingerprint density at radius 2 is 1.93 bits per heavy atom. The summed E-state index contributed by atoms with van der Waals surface area (Å²) in [5.41, 5.74) is 1.17. The predicted octanol–water partition coefficient (Wildman–Crippen LogP) is 3.65. The number of amides is 2. The van der Waals surface area contributed by atoms with Gasteiger partial charge in [-0.25, -0.2) is 0 Å². The second-order valence-corrected chi connectivity index (χ2v) is 6.90. The van der Waals surface area contributed by atoms with Crippen LogP contribution in [0.2, 0.25) is 5.02 Å². The normalized spacial score (nSPS) is 17.4. The van der Waals surface area contributed by atoms with Crippen molar-refractivity contribution < 1.29 is 9.59 Å². The van der Waals surface area contributed by atoms with Gasteiger partial charge in [-0.05, 0) is 48.6 Å². The highest BCUT2D eigenvalue weighted by molar-refractivity contribution is 7.80. The fourth-order valence-electron chi connectivity index (χ4n) is 2.93. The van der Waals surface area contributed by atoms with Crippen LogP contribution in [0.4, 0.5) is 11.4 Å². The van der Waals surface area contributed by atoms with Gasteiger partial charge in [0.2, 0.25) is 5.91 Å². The van der Waals surface area contributed by atoms with E-state index >= 15 is 0 Å². The Morgan fingerprint density at radius 3 is 2.71 bits per heavy atom. The van der Waals surface area contributed by atoms with Crippen molar-refractivity contribution in [3.8, 4) is 0 Å². The van der Waals surface area contributed by atoms with Crippen molar-refractivity contribution in [1.29, 1.82) is 0 Å². The Balaban J connectivity index is 1.67. The Bertz CT molecular complexity index is 1130. The number of carbonyl (C=O) groups is 2. The number of halogens is 1. The third-order valence-electron chi connectivity index (χ3n) is 4.31. The van der Waals surface area contributed by atoms with Gasteiger partial charge in [-0.2, -0.15) is 0 Å². The summed E-state index contributed by atoms with van der Waals surface area (Å²) in [6.07, 6.45) is 4.74. The van der Waals surface area contributed by atoms with Crippen LogP contribution in [-0.4, -0.2) is 28.1 Å². The van der Waals surface area contributed by atoms with Gasteiger partial charge in [0.05, 0.1) is 11.4 Å². The van der Waals surface area contributed by atoms with E-state index in [1.807, 2.05) is 24.3 Å². The third-order valence-corrected chi connectivity index (χ3v) is 4.84. The first-order valence-electron chi connectivity index (χ1n) is 8.36. The number of nitrogens with one attached hydrogen (secondary N) is 1. The number of rotatable bonds is 3. The maximum atomic E-state index is 13.0. The number of anilines is 1. The van der Waals surface area contributed by atoms with Crippen molar-refractivity contribution in [3.05, 3.63) is 65.9 Å². The van der Waals surface area contributed by atoms with Crippen molar-refractivity contribution >= 4 is 69.1 Å². The molecule has 0 spiro atoms. The third kappa shape index (κ3) is 3.37. The number of fused-ring (bicyclic) bond motifs is 1. The summed E-state index contributed by atoms with van der Waals surface area (Å²) in [6.45, 7) is 0. The van der Waals surface area contributed by atoms with E-state index in [1.54, 1.807) is 36.7 Å². The summed E-state index contributed by atoms with van der Waals surface area (Å²) >= 11 is 11.1. The number of carbonyl (C=O) groups excluding carboxylic acids is 2. The molecule has 28 heavy (non-hydrogen) atoms. The van der Waals surface area contributed by atoms with Crippen LogP contribution in [0.25, 0.3) is 10.8 Å². The molecular weight excluding hydrogens is 396 g/mol. The monoisotopic (exact) mass is 408 g/mol. The molecule has 1 N–H and O–H groups in total. The Hall–Kier alpha value is -3.16. The summed E-state index contributed by atoms with van der Waals surface area (Å²) in [7, 11) is 0. The Labute approximate surface area is 170 Å². The molecule has 8 heteroatoms. The number of aromatic nitrogens is 1. The van der Waals surface area contributed by atoms with E-state index in [0.29, 0.717) is 16.4 Å². The lowest BCUT2D eigenvalue weighted by Gasteiger charge is -2.30. The number of hydrogen-bond donors (Lipinski definition) is 1. The number of benzene rings is 2. The van der Waals surface area contributed by atoms with Crippen molar-refractivity contribution in [1.82, 2.24) is 10.3 Å². The molecule has 3 aromatic rings. The van der Waals surface area contributed by atoms with Crippen molar-refractivity contribution in [2.45, 2.75) is 0 Å². The highest BCUT2D eigenvalue weighted by Crippen LogP contribution is 2.26. The smallest absolute Gasteiger partial charge is 0.251 e. The van der Waals surface area contributed by atoms with Crippen LogP contribution in [0.3, 0.4) is 0 Å². The number of hydrogen-bond acceptors (Lipinski definition) is 5. The van der Waals surface area contributed by atoms with Gasteiger partial charge in [-0.3, -0.25) is 24.5 Å². The molecule has 1 atom stereocenters. The summed E-state index contributed by atoms with van der Waals surface area (Å²) < 4.78 is 0. The molecule has 138 valence electrons. The van der Waals surface area contributed by atoms with Gasteiger partial charge in [0.15, 0.2) is 11.0 Å². The van der Waals surface area contributed by atoms with Crippen molar-refractivity contribution in [2.24, 2.45) is 10.9 Å². The first-order valence-corrected chi connectivity index (χ1v) is 9.14. The van der Waals surface area contributed by atoms with E-state index < -0.39 is 17.7 Å². The Morgan fingerprint density at radius 1 is 1.14 bits per heavy atom. The van der Waals surface area contributed by atoms with Gasteiger partial charge < -0.3 is 5.32 Å². The molecule has 1 saturated heterocycles. The number of aliphatic imine (C=N–C) groups is 1. The maximum Gasteiger partial charge on any atom is 0.251 e. The molecule has 0 saturated carbocycles. The van der Waals surface area contributed by atoms with E-state index in [9.17, 15) is 9.59 Å². The van der Waals surface area contributed by atoms with Gasteiger partial charge in [0, 0.05) is 34.4 Å². The molecule has 1 aliphatic rings. The van der Waals surface area contributed by atoms with Crippen LogP contribution in [0, 0.1) is 5.92 Å². The minimum Gasteiger partial charge on any atom is -0.301 e. The van der Waals surface area contributed by atoms with Crippen LogP contribution in [-0.2, 0) is 9.59 Å². The second kappa shape index (κ2) is 7.46. The van der Waals surface area contributed by atoms with Gasteiger partial charge in [0.1, 0.15) is 0 Å². The van der Waals surface area contributed by atoms with Crippen molar-refractivity contribution in [3.63, 3.8) is 0 Å². The minimum absolute atomic E-state index is 0.0261. The van der Waals surface area contributed by atoms with E-state index in [2.05, 4.69) is 15.3 Å². The first kappa shape index (κ1) is 18.2. The number of nitrogens with zero attached hydrogens (tertiary/aromatic N) is 3. The minimum atomic E-state index is -1.10. The molecule has 0 radical (unpaired) electrons. The molecule has 2 heterocycles. The molecule has 2 amide bonds. The van der Waals surface area contributed by atoms with Crippen LogP contribution >= 0.6 is 23.8 Å². The van der Waals surface area contributed by atoms with E-state index in [4.69, 9.17) is 23.8 Å². The lowest BCUT2D eigenvalue weighted by molar-refractivity contribution is -0.130. The summed E-state index contributed by atoms with van der Waals surface area (Å²) in [4.78, 5) is 35.1. The highest BCUT2D eigenvalue weighted by Gasteiger charge is 2.38. The van der Waals surface area contributed by atoms with Crippen LogP contribution in [0.5, 0.6) is 0 Å². The zero-order valence-corrected chi connectivity index (χ0v) is 15.9. The Kier molecular flexibility index (Phi) is 4.85. The van der Waals surface area contributed by atoms with Gasteiger partial charge >= 0.3 is 0 Å². The zero-order chi connectivity index (χ0) is 19.7. The van der Waals surface area contributed by atoms with E-state index in [1.165, 1.54) is 11.1 Å². The fraction of sp³-hybridized carbons (Fsp3) is 0.0500. The molecule has 1 aliphatic heterocycles. The van der Waals surface area contributed by atoms with Crippen molar-refractivity contribution in [2.75, 3.05) is 4.90 Å². The van der Waals surface area contributed by atoms with Gasteiger partial charge in [-0.1, -0.05) is 23.7 Å². The second-order valence-electron chi connectivity index (χ2n) is 6.07. The standard InChI is InChI=1S/C20H13ClN4O2S/c21-13-4-6-14(7-5-13)25-19(27)16(18(26)24-20(25)28)11-23-17-3-1-2-12-10-22-9-8-15(12)17/h1-11,16H,(H,24,26,28)/t16-/m0/s1. The maximum absolute atomic E-state index is 13.0. The zero-order valence-electron chi connectivity index (χ0n) is 14.4. The summed E-state index contributed by atoms with van der Waals surface area (Å²) in [5, 5.41) is 4.91. The summed E-state index contributed by atoms with van der Waals surface area (Å²) in [5.74, 6) is -2.08. The molecule has 0 unspecified atom stereocenters. The average Bonchev–Trinajstić information content (AvgIpc) is 2.69. The SMILES string of the molecule is O=C1NC(=S)N(c2ccc(Cl)cc2)C(=O)[C@H]1C=Nc1cccc2cnccc12. The molecule has 4 rings (SSSR count). The fourth-order valence-corrected chi connectivity index (χ4v) is 3.35. The summed E-state index contributed by atoms with van der Waals surface area (Å²) in [6, 6.07) is 14.0. The average molecular weight is 409 g/mol. The molecule has 0 bridgehead atoms. The number of pyridine rings is 1. The largest absolute Gasteiger partial charge is 0.301 e. The van der Waals surface area contributed by atoms with Crippen LogP contribution < -0.4 is 10.2 Å². The molecule has 2 aromatic carbocycles. The molecular formula is C20H13ClN4O2S. The molecule has 1 fully saturated rings. The van der Waals surface area contributed by atoms with Gasteiger partial charge in [0.25, 0.3) is 5.91 Å². The highest BCUT2D eigenvalue weighted by atomic mass is 35.5. The number of thiocarbonyl (C=S) groups is 1. The first-order chi connectivity index (χ1) is 13.5. The van der Waals surface area contributed by atoms with Crippen LogP contribution in [0.1, 0.15) is 0 Å². The lowest BCUT2D eigenvalue weighted by atomic mass is 10.1. The molecule has 0 aliphatic carbocycles. The predicted molar refractivity (Wildman–Crippen MR) is 113 cm³/mol.